The Morgan fingerprint density at radius 2 is 1.31 bits per heavy atom. The van der Waals surface area contributed by atoms with Gasteiger partial charge in [-0.2, -0.15) is 0 Å². The van der Waals surface area contributed by atoms with E-state index in [2.05, 4.69) is 19.1 Å². The molecule has 0 aliphatic rings. The summed E-state index contributed by atoms with van der Waals surface area (Å²) in [5.41, 5.74) is -0.00679. The van der Waals surface area contributed by atoms with Crippen LogP contribution in [0.3, 0.4) is 0 Å². The summed E-state index contributed by atoms with van der Waals surface area (Å²) in [5, 5.41) is 35.9. The van der Waals surface area contributed by atoms with Crippen LogP contribution in [0.4, 0.5) is 0 Å². The number of para-hydroxylation sites is 1. The van der Waals surface area contributed by atoms with Gasteiger partial charge in [-0.15, -0.1) is 0 Å². The molecule has 0 saturated carbocycles. The summed E-state index contributed by atoms with van der Waals surface area (Å²) in [5.74, 6) is 0.0323. The van der Waals surface area contributed by atoms with Crippen molar-refractivity contribution in [3.8, 4) is 5.75 Å². The molecule has 0 aliphatic carbocycles. The minimum Gasteiger partial charge on any atom is -0.492 e. The third kappa shape index (κ3) is 18.4. The summed E-state index contributed by atoms with van der Waals surface area (Å²) < 4.78 is 5.49. The Labute approximate surface area is 219 Å². The van der Waals surface area contributed by atoms with Crippen molar-refractivity contribution in [2.24, 2.45) is 5.41 Å². The molecule has 0 fully saturated rings. The highest BCUT2D eigenvalue weighted by Gasteiger charge is 2.29. The van der Waals surface area contributed by atoms with E-state index in [1.807, 2.05) is 31.2 Å². The lowest BCUT2D eigenvalue weighted by Crippen LogP contribution is -2.39. The lowest BCUT2D eigenvalue weighted by atomic mass is 9.92. The van der Waals surface area contributed by atoms with E-state index in [0.717, 1.165) is 18.4 Å². The summed E-state index contributed by atoms with van der Waals surface area (Å²) in [4.78, 5) is 10.3. The monoisotopic (exact) mass is 508 g/mol. The highest BCUT2D eigenvalue weighted by atomic mass is 16.5. The molecule has 0 bridgehead atoms. The quantitative estimate of drug-likeness (QED) is 0.112. The summed E-state index contributed by atoms with van der Waals surface area (Å²) in [6, 6.07) is 7.47. The molecule has 0 aliphatic heterocycles. The Hall–Kier alpha value is -1.89. The van der Waals surface area contributed by atoms with Gasteiger partial charge in [-0.25, -0.2) is 0 Å². The second-order valence-corrected chi connectivity index (χ2v) is 9.76. The number of aliphatic hydroxyl groups is 3. The number of aliphatic hydroxyl groups excluding tert-OH is 3. The van der Waals surface area contributed by atoms with Crippen LogP contribution in [0.2, 0.25) is 0 Å². The van der Waals surface area contributed by atoms with Crippen molar-refractivity contribution in [2.45, 2.75) is 104 Å². The van der Waals surface area contributed by atoms with Gasteiger partial charge in [0.2, 0.25) is 0 Å². The van der Waals surface area contributed by atoms with Crippen LogP contribution in [0.25, 0.3) is 0 Å². The van der Waals surface area contributed by atoms with Crippen LogP contribution in [-0.2, 0) is 4.79 Å². The number of allylic oxidation sites excluding steroid dienone is 2. The first-order valence-electron chi connectivity index (χ1n) is 13.8. The van der Waals surface area contributed by atoms with Gasteiger partial charge < -0.3 is 25.2 Å². The van der Waals surface area contributed by atoms with Crippen molar-refractivity contribution in [2.75, 3.05) is 26.4 Å². The molecule has 0 heterocycles. The van der Waals surface area contributed by atoms with E-state index >= 15 is 0 Å². The summed E-state index contributed by atoms with van der Waals surface area (Å²) in [6.07, 6.45) is 21.2. The lowest BCUT2D eigenvalue weighted by Gasteiger charge is -2.27. The molecule has 4 N–H and O–H groups in total. The zero-order valence-electron chi connectivity index (χ0n) is 22.8. The van der Waals surface area contributed by atoms with E-state index in [0.29, 0.717) is 12.2 Å². The zero-order valence-corrected chi connectivity index (χ0v) is 22.8. The van der Waals surface area contributed by atoms with Crippen LogP contribution in [0.1, 0.15) is 102 Å². The highest BCUT2D eigenvalue weighted by Crippen LogP contribution is 2.21. The molecule has 0 amide bonds. The van der Waals surface area contributed by atoms with Crippen LogP contribution in [0.15, 0.2) is 36.4 Å². The van der Waals surface area contributed by atoms with Crippen molar-refractivity contribution in [3.63, 3.8) is 0 Å². The van der Waals surface area contributed by atoms with Crippen molar-refractivity contribution in [3.05, 3.63) is 42.0 Å². The molecule has 0 spiro atoms. The third-order valence-electron chi connectivity index (χ3n) is 6.29. The topological polar surface area (TPSA) is 107 Å². The van der Waals surface area contributed by atoms with Gasteiger partial charge in [0.05, 0.1) is 25.2 Å². The predicted octanol–water partition coefficient (Wildman–Crippen LogP) is 6.45. The van der Waals surface area contributed by atoms with E-state index in [1.54, 1.807) is 0 Å². The molecule has 0 atom stereocenters. The molecule has 0 unspecified atom stereocenters. The molecule has 0 radical (unpaired) electrons. The normalized spacial score (nSPS) is 11.4. The number of rotatable bonds is 21. The van der Waals surface area contributed by atoms with E-state index in [1.165, 1.54) is 70.6 Å². The summed E-state index contributed by atoms with van der Waals surface area (Å²) in [6.45, 7) is 3.31. The lowest BCUT2D eigenvalue weighted by molar-refractivity contribution is -0.137. The first-order valence-corrected chi connectivity index (χ1v) is 13.8. The molecule has 0 aromatic heterocycles. The van der Waals surface area contributed by atoms with Gasteiger partial charge in [0.25, 0.3) is 0 Å². The molecule has 1 rings (SSSR count). The maximum absolute atomic E-state index is 10.3. The molecule has 6 nitrogen and oxygen atoms in total. The number of ether oxygens (including phenoxy) is 1. The van der Waals surface area contributed by atoms with Crippen LogP contribution in [0, 0.1) is 12.3 Å². The average molecular weight is 509 g/mol. The van der Waals surface area contributed by atoms with Gasteiger partial charge in [-0.3, -0.25) is 4.79 Å². The first kappa shape index (κ1) is 34.1. The SMILES string of the molecule is CCCCCCCC/C=C\CCCCCCCC(=O)O.Cc1ccccc1OCC(CO)(CO)CO. The Kier molecular flexibility index (Phi) is 22.3. The van der Waals surface area contributed by atoms with Crippen molar-refractivity contribution >= 4 is 5.97 Å². The number of aryl methyl sites for hydroxylation is 1. The number of unbranched alkanes of at least 4 members (excludes halogenated alkanes) is 11. The molecule has 0 saturated heterocycles. The predicted molar refractivity (Wildman–Crippen MR) is 147 cm³/mol. The largest absolute Gasteiger partial charge is 0.492 e. The number of benzene rings is 1. The fourth-order valence-electron chi connectivity index (χ4n) is 3.58. The number of hydrogen-bond donors (Lipinski definition) is 4. The van der Waals surface area contributed by atoms with Gasteiger partial charge in [-0.1, -0.05) is 88.6 Å². The second-order valence-electron chi connectivity index (χ2n) is 9.76. The van der Waals surface area contributed by atoms with E-state index < -0.39 is 11.4 Å². The van der Waals surface area contributed by atoms with Crippen LogP contribution < -0.4 is 4.74 Å². The Bertz CT molecular complexity index is 661. The minimum atomic E-state index is -0.984. The number of hydrogen-bond acceptors (Lipinski definition) is 5. The van der Waals surface area contributed by atoms with Crippen molar-refractivity contribution in [1.82, 2.24) is 0 Å². The number of carbonyl (C=O) groups is 1. The number of carboxylic acid groups (broad SMARTS) is 1. The zero-order chi connectivity index (χ0) is 26.9. The van der Waals surface area contributed by atoms with Crippen molar-refractivity contribution < 1.29 is 30.0 Å². The van der Waals surface area contributed by atoms with E-state index in [-0.39, 0.29) is 26.4 Å². The Balaban J connectivity index is 0.000000696. The minimum absolute atomic E-state index is 0.0847. The number of carboxylic acids is 1. The molecular formula is C30H52O6. The maximum atomic E-state index is 10.3. The highest BCUT2D eigenvalue weighted by molar-refractivity contribution is 5.66. The van der Waals surface area contributed by atoms with Crippen LogP contribution >= 0.6 is 0 Å². The smallest absolute Gasteiger partial charge is 0.303 e. The van der Waals surface area contributed by atoms with Gasteiger partial charge in [0.1, 0.15) is 12.4 Å². The molecule has 208 valence electrons. The first-order chi connectivity index (χ1) is 17.4. The molecular weight excluding hydrogens is 456 g/mol. The fraction of sp³-hybridized carbons (Fsp3) is 0.700. The van der Waals surface area contributed by atoms with Gasteiger partial charge >= 0.3 is 5.97 Å². The molecule has 1 aromatic rings. The summed E-state index contributed by atoms with van der Waals surface area (Å²) in [7, 11) is 0. The van der Waals surface area contributed by atoms with E-state index in [4.69, 9.17) is 25.2 Å². The fourth-order valence-corrected chi connectivity index (χ4v) is 3.58. The molecule has 6 heteroatoms. The van der Waals surface area contributed by atoms with Crippen LogP contribution in [0.5, 0.6) is 5.75 Å². The van der Waals surface area contributed by atoms with E-state index in [9.17, 15) is 4.79 Å². The third-order valence-corrected chi connectivity index (χ3v) is 6.29. The Morgan fingerprint density at radius 1 is 0.806 bits per heavy atom. The maximum Gasteiger partial charge on any atom is 0.303 e. The van der Waals surface area contributed by atoms with Crippen LogP contribution in [-0.4, -0.2) is 52.8 Å². The van der Waals surface area contributed by atoms with Crippen molar-refractivity contribution in [1.29, 1.82) is 0 Å². The molecule has 1 aromatic carbocycles. The van der Waals surface area contributed by atoms with Gasteiger partial charge in [0.15, 0.2) is 0 Å². The second kappa shape index (κ2) is 23.5. The summed E-state index contributed by atoms with van der Waals surface area (Å²) >= 11 is 0. The van der Waals surface area contributed by atoms with Gasteiger partial charge in [0, 0.05) is 6.42 Å². The van der Waals surface area contributed by atoms with Gasteiger partial charge in [-0.05, 0) is 50.7 Å². The Morgan fingerprint density at radius 3 is 1.81 bits per heavy atom. The molecule has 36 heavy (non-hydrogen) atoms. The average Bonchev–Trinajstić information content (AvgIpc) is 2.88. The standard InChI is InChI=1S/C18H34O2.C12H18O4/c1-2-3-4-5-6-7-8-9-10-11-12-13-14-15-16-17-18(19)20;1-10-4-2-3-5-11(10)16-9-12(6-13,7-14)8-15/h9-10H,2-8,11-17H2,1H3,(H,19,20);2-5,13-15H,6-9H2,1H3/b10-9-;. The number of aliphatic carboxylic acids is 1.